The zero-order valence-corrected chi connectivity index (χ0v) is 7.72. The van der Waals surface area contributed by atoms with E-state index in [1.165, 1.54) is 17.5 Å². The molecule has 12 heavy (non-hydrogen) atoms. The van der Waals surface area contributed by atoms with Crippen LogP contribution in [0, 0.1) is 6.92 Å². The fourth-order valence-corrected chi connectivity index (χ4v) is 2.08. The van der Waals surface area contributed by atoms with E-state index in [1.807, 2.05) is 0 Å². The third-order valence-corrected chi connectivity index (χ3v) is 2.71. The Morgan fingerprint density at radius 2 is 2.33 bits per heavy atom. The van der Waals surface area contributed by atoms with Crippen molar-refractivity contribution in [3.63, 3.8) is 0 Å². The van der Waals surface area contributed by atoms with Crippen molar-refractivity contribution in [2.45, 2.75) is 32.9 Å². The summed E-state index contributed by atoms with van der Waals surface area (Å²) in [6.45, 7) is 5.49. The molecule has 0 saturated carbocycles. The third kappa shape index (κ3) is 1.05. The third-order valence-electron chi connectivity index (χ3n) is 2.71. The minimum atomic E-state index is 0.598. The van der Waals surface area contributed by atoms with Gasteiger partial charge in [-0.2, -0.15) is 0 Å². The predicted molar refractivity (Wildman–Crippen MR) is 51.1 cm³/mol. The molecule has 0 aliphatic carbocycles. The summed E-state index contributed by atoms with van der Waals surface area (Å²) in [5.41, 5.74) is 4.46. The van der Waals surface area contributed by atoms with E-state index in [1.54, 1.807) is 5.56 Å². The maximum Gasteiger partial charge on any atom is 0.0326 e. The van der Waals surface area contributed by atoms with Crippen LogP contribution in [0.25, 0.3) is 0 Å². The zero-order chi connectivity index (χ0) is 8.55. The topological polar surface area (TPSA) is 12.0 Å². The second-order valence-electron chi connectivity index (χ2n) is 3.49. The lowest BCUT2D eigenvalue weighted by Crippen LogP contribution is -2.10. The molecule has 0 amide bonds. The number of nitrogens with one attached hydrogen (secondary N) is 1. The van der Waals surface area contributed by atoms with Crippen molar-refractivity contribution in [3.8, 4) is 0 Å². The minimum absolute atomic E-state index is 0.598. The molecule has 0 radical (unpaired) electrons. The molecule has 1 nitrogen and oxygen atoms in total. The average Bonchev–Trinajstić information content (AvgIpc) is 2.49. The van der Waals surface area contributed by atoms with Crippen LogP contribution in [0.4, 0.5) is 0 Å². The quantitative estimate of drug-likeness (QED) is 0.667. The molecule has 2 rings (SSSR count). The summed E-state index contributed by atoms with van der Waals surface area (Å²) in [4.78, 5) is 0. The Balaban J connectivity index is 2.48. The van der Waals surface area contributed by atoms with Gasteiger partial charge >= 0.3 is 0 Å². The summed E-state index contributed by atoms with van der Waals surface area (Å²) in [6, 6.07) is 7.18. The van der Waals surface area contributed by atoms with Crippen LogP contribution in [0.2, 0.25) is 0 Å². The fraction of sp³-hybridized carbons (Fsp3) is 0.455. The molecule has 1 N–H and O–H groups in total. The number of rotatable bonds is 1. The first-order valence-electron chi connectivity index (χ1n) is 4.64. The van der Waals surface area contributed by atoms with Gasteiger partial charge in [-0.3, -0.25) is 0 Å². The lowest BCUT2D eigenvalue weighted by molar-refractivity contribution is 0.565. The minimum Gasteiger partial charge on any atom is -0.306 e. The van der Waals surface area contributed by atoms with Gasteiger partial charge in [0.2, 0.25) is 0 Å². The number of benzene rings is 1. The first-order chi connectivity index (χ1) is 5.83. The first-order valence-corrected chi connectivity index (χ1v) is 4.64. The molecule has 1 atom stereocenters. The van der Waals surface area contributed by atoms with E-state index in [0.29, 0.717) is 6.04 Å². The van der Waals surface area contributed by atoms with Gasteiger partial charge in [0.1, 0.15) is 0 Å². The smallest absolute Gasteiger partial charge is 0.0326 e. The van der Waals surface area contributed by atoms with Crippen molar-refractivity contribution >= 4 is 0 Å². The Morgan fingerprint density at radius 1 is 1.50 bits per heavy atom. The van der Waals surface area contributed by atoms with Crippen molar-refractivity contribution in [1.82, 2.24) is 5.32 Å². The molecule has 1 heteroatoms. The van der Waals surface area contributed by atoms with Gasteiger partial charge in [0, 0.05) is 12.6 Å². The molecular formula is C11H15N. The number of hydrogen-bond acceptors (Lipinski definition) is 1. The average molecular weight is 161 g/mol. The summed E-state index contributed by atoms with van der Waals surface area (Å²) < 4.78 is 0. The number of fused-ring (bicyclic) bond motifs is 1. The van der Waals surface area contributed by atoms with Crippen LogP contribution in [-0.2, 0) is 6.54 Å². The van der Waals surface area contributed by atoms with E-state index in [0.717, 1.165) is 6.54 Å². The SMILES string of the molecule is CCC1NCc2cccc(C)c21. The monoisotopic (exact) mass is 161 g/mol. The maximum absolute atomic E-state index is 3.51. The van der Waals surface area contributed by atoms with E-state index < -0.39 is 0 Å². The molecule has 0 aromatic heterocycles. The molecule has 1 unspecified atom stereocenters. The second-order valence-corrected chi connectivity index (χ2v) is 3.49. The predicted octanol–water partition coefficient (Wildman–Crippen LogP) is 2.55. The highest BCUT2D eigenvalue weighted by Gasteiger charge is 2.20. The van der Waals surface area contributed by atoms with Gasteiger partial charge in [0.05, 0.1) is 0 Å². The van der Waals surface area contributed by atoms with Crippen molar-refractivity contribution in [1.29, 1.82) is 0 Å². The van der Waals surface area contributed by atoms with Crippen LogP contribution < -0.4 is 5.32 Å². The molecule has 0 fully saturated rings. The summed E-state index contributed by atoms with van der Waals surface area (Å²) in [5.74, 6) is 0. The van der Waals surface area contributed by atoms with E-state index in [2.05, 4.69) is 37.4 Å². The highest BCUT2D eigenvalue weighted by atomic mass is 14.9. The highest BCUT2D eigenvalue weighted by Crippen LogP contribution is 2.29. The molecule has 0 bridgehead atoms. The van der Waals surface area contributed by atoms with Crippen LogP contribution in [0.15, 0.2) is 18.2 Å². The highest BCUT2D eigenvalue weighted by molar-refractivity contribution is 5.39. The fourth-order valence-electron chi connectivity index (χ4n) is 2.08. The lowest BCUT2D eigenvalue weighted by atomic mass is 9.98. The molecular weight excluding hydrogens is 146 g/mol. The van der Waals surface area contributed by atoms with E-state index in [-0.39, 0.29) is 0 Å². The molecule has 0 spiro atoms. The molecule has 1 aromatic carbocycles. The zero-order valence-electron chi connectivity index (χ0n) is 7.72. The van der Waals surface area contributed by atoms with Gasteiger partial charge in [-0.1, -0.05) is 25.1 Å². The summed E-state index contributed by atoms with van der Waals surface area (Å²) in [5, 5.41) is 3.51. The van der Waals surface area contributed by atoms with Crippen molar-refractivity contribution in [2.24, 2.45) is 0 Å². The van der Waals surface area contributed by atoms with Gasteiger partial charge in [0.15, 0.2) is 0 Å². The van der Waals surface area contributed by atoms with Gasteiger partial charge in [-0.25, -0.2) is 0 Å². The Hall–Kier alpha value is -0.820. The molecule has 0 saturated heterocycles. The van der Waals surface area contributed by atoms with Crippen molar-refractivity contribution < 1.29 is 0 Å². The van der Waals surface area contributed by atoms with E-state index >= 15 is 0 Å². The molecule has 1 aromatic rings. The molecule has 64 valence electrons. The molecule has 1 aliphatic rings. The molecule has 1 aliphatic heterocycles. The Kier molecular flexibility index (Phi) is 1.89. The van der Waals surface area contributed by atoms with Crippen LogP contribution in [0.3, 0.4) is 0 Å². The Labute approximate surface area is 73.8 Å². The Morgan fingerprint density at radius 3 is 3.08 bits per heavy atom. The number of aryl methyl sites for hydroxylation is 1. The van der Waals surface area contributed by atoms with Gasteiger partial charge in [-0.05, 0) is 30.0 Å². The summed E-state index contributed by atoms with van der Waals surface area (Å²) in [7, 11) is 0. The Bertz CT molecular complexity index is 291. The first kappa shape index (κ1) is 7.81. The largest absolute Gasteiger partial charge is 0.306 e. The normalized spacial score (nSPS) is 21.0. The summed E-state index contributed by atoms with van der Waals surface area (Å²) >= 11 is 0. The van der Waals surface area contributed by atoms with Crippen LogP contribution in [0.5, 0.6) is 0 Å². The lowest BCUT2D eigenvalue weighted by Gasteiger charge is -2.10. The van der Waals surface area contributed by atoms with Crippen LogP contribution >= 0.6 is 0 Å². The maximum atomic E-state index is 3.51. The van der Waals surface area contributed by atoms with Gasteiger partial charge < -0.3 is 5.32 Å². The van der Waals surface area contributed by atoms with Gasteiger partial charge in [0.25, 0.3) is 0 Å². The summed E-state index contributed by atoms with van der Waals surface area (Å²) in [6.07, 6.45) is 1.19. The standard InChI is InChI=1S/C11H15N/c1-3-10-11-8(2)5-4-6-9(11)7-12-10/h4-6,10,12H,3,7H2,1-2H3. The van der Waals surface area contributed by atoms with Crippen molar-refractivity contribution in [3.05, 3.63) is 34.9 Å². The van der Waals surface area contributed by atoms with Gasteiger partial charge in [-0.15, -0.1) is 0 Å². The number of hydrogen-bond donors (Lipinski definition) is 1. The van der Waals surface area contributed by atoms with Crippen LogP contribution in [0.1, 0.15) is 36.1 Å². The van der Waals surface area contributed by atoms with E-state index in [9.17, 15) is 0 Å². The molecule has 1 heterocycles. The van der Waals surface area contributed by atoms with Crippen molar-refractivity contribution in [2.75, 3.05) is 0 Å². The van der Waals surface area contributed by atoms with E-state index in [4.69, 9.17) is 0 Å². The van der Waals surface area contributed by atoms with Crippen LogP contribution in [-0.4, -0.2) is 0 Å². The second kappa shape index (κ2) is 2.91.